The van der Waals surface area contributed by atoms with Crippen molar-refractivity contribution in [3.63, 3.8) is 0 Å². The van der Waals surface area contributed by atoms with Crippen molar-refractivity contribution in [1.82, 2.24) is 9.97 Å². The lowest BCUT2D eigenvalue weighted by Gasteiger charge is -2.05. The van der Waals surface area contributed by atoms with Crippen LogP contribution in [-0.2, 0) is 11.2 Å². The minimum absolute atomic E-state index is 0.142. The molecule has 1 aliphatic rings. The minimum Gasteiger partial charge on any atom is -0.378 e. The van der Waals surface area contributed by atoms with Crippen LogP contribution in [0.5, 0.6) is 0 Å². The molecule has 5 heteroatoms. The fraction of sp³-hybridized carbons (Fsp3) is 0.417. The number of halogens is 2. The summed E-state index contributed by atoms with van der Waals surface area (Å²) in [5.74, 6) is -0.575. The van der Waals surface area contributed by atoms with Crippen molar-refractivity contribution in [3.8, 4) is 0 Å². The first-order valence-electron chi connectivity index (χ1n) is 5.67. The van der Waals surface area contributed by atoms with E-state index >= 15 is 0 Å². The number of fused-ring (bicyclic) bond motifs is 1. The van der Waals surface area contributed by atoms with Crippen molar-refractivity contribution in [2.24, 2.45) is 0 Å². The van der Waals surface area contributed by atoms with Crippen LogP contribution in [0.4, 0.5) is 8.78 Å². The number of ether oxygens (including phenoxy) is 1. The molecule has 1 saturated heterocycles. The fourth-order valence-corrected chi connectivity index (χ4v) is 2.21. The van der Waals surface area contributed by atoms with Crippen LogP contribution in [0, 0.1) is 11.6 Å². The quantitative estimate of drug-likeness (QED) is 0.873. The van der Waals surface area contributed by atoms with Gasteiger partial charge in [-0.05, 0) is 18.9 Å². The van der Waals surface area contributed by atoms with Crippen LogP contribution in [0.25, 0.3) is 11.0 Å². The van der Waals surface area contributed by atoms with Crippen molar-refractivity contribution in [1.29, 1.82) is 0 Å². The number of H-pyrrole nitrogens is 1. The predicted molar refractivity (Wildman–Crippen MR) is 58.7 cm³/mol. The first kappa shape index (κ1) is 10.7. The van der Waals surface area contributed by atoms with Crippen molar-refractivity contribution in [2.75, 3.05) is 6.61 Å². The zero-order chi connectivity index (χ0) is 11.8. The minimum atomic E-state index is -0.630. The van der Waals surface area contributed by atoms with Crippen molar-refractivity contribution in [3.05, 3.63) is 29.6 Å². The van der Waals surface area contributed by atoms with Gasteiger partial charge in [-0.15, -0.1) is 0 Å². The Kier molecular flexibility index (Phi) is 2.55. The van der Waals surface area contributed by atoms with Crippen LogP contribution in [0.3, 0.4) is 0 Å². The molecule has 2 heterocycles. The average Bonchev–Trinajstić information content (AvgIpc) is 2.87. The highest BCUT2D eigenvalue weighted by molar-refractivity contribution is 5.75. The summed E-state index contributed by atoms with van der Waals surface area (Å²) in [6.07, 6.45) is 2.81. The fourth-order valence-electron chi connectivity index (χ4n) is 2.21. The van der Waals surface area contributed by atoms with Gasteiger partial charge in [0, 0.05) is 19.1 Å². The molecule has 3 nitrogen and oxygen atoms in total. The smallest absolute Gasteiger partial charge is 0.153 e. The van der Waals surface area contributed by atoms with Gasteiger partial charge in [-0.2, -0.15) is 0 Å². The second-order valence-corrected chi connectivity index (χ2v) is 4.31. The topological polar surface area (TPSA) is 37.9 Å². The molecular formula is C12H12F2N2O. The molecule has 1 atom stereocenters. The number of imidazole rings is 1. The summed E-state index contributed by atoms with van der Waals surface area (Å²) in [5, 5.41) is 0. The van der Waals surface area contributed by atoms with Crippen molar-refractivity contribution < 1.29 is 13.5 Å². The van der Waals surface area contributed by atoms with Gasteiger partial charge in [0.25, 0.3) is 0 Å². The number of hydrogen-bond acceptors (Lipinski definition) is 2. The highest BCUT2D eigenvalue weighted by atomic mass is 19.1. The van der Waals surface area contributed by atoms with Crippen molar-refractivity contribution >= 4 is 11.0 Å². The third kappa shape index (κ3) is 2.02. The summed E-state index contributed by atoms with van der Waals surface area (Å²) in [5.41, 5.74) is 0.592. The summed E-state index contributed by atoms with van der Waals surface area (Å²) in [4.78, 5) is 7.07. The van der Waals surface area contributed by atoms with Gasteiger partial charge in [-0.1, -0.05) is 0 Å². The van der Waals surface area contributed by atoms with E-state index in [-0.39, 0.29) is 11.6 Å². The molecule has 0 amide bonds. The number of nitrogens with one attached hydrogen (secondary N) is 1. The summed E-state index contributed by atoms with van der Waals surface area (Å²) in [6.45, 7) is 0.772. The predicted octanol–water partition coefficient (Wildman–Crippen LogP) is 2.56. The van der Waals surface area contributed by atoms with Gasteiger partial charge in [0.2, 0.25) is 0 Å². The van der Waals surface area contributed by atoms with Crippen LogP contribution in [0.1, 0.15) is 18.7 Å². The lowest BCUT2D eigenvalue weighted by atomic mass is 10.2. The monoisotopic (exact) mass is 238 g/mol. The molecule has 17 heavy (non-hydrogen) atoms. The van der Waals surface area contributed by atoms with E-state index in [0.29, 0.717) is 17.8 Å². The van der Waals surface area contributed by atoms with Gasteiger partial charge in [0.15, 0.2) is 5.82 Å². The van der Waals surface area contributed by atoms with Gasteiger partial charge in [-0.3, -0.25) is 0 Å². The zero-order valence-electron chi connectivity index (χ0n) is 9.17. The molecule has 2 aromatic rings. The van der Waals surface area contributed by atoms with Crippen LogP contribution in [0.2, 0.25) is 0 Å². The average molecular weight is 238 g/mol. The van der Waals surface area contributed by atoms with E-state index in [1.807, 2.05) is 0 Å². The first-order valence-corrected chi connectivity index (χ1v) is 5.67. The van der Waals surface area contributed by atoms with E-state index in [0.717, 1.165) is 25.5 Å². The first-order chi connectivity index (χ1) is 8.22. The largest absolute Gasteiger partial charge is 0.378 e. The van der Waals surface area contributed by atoms with E-state index in [9.17, 15) is 8.78 Å². The number of nitrogens with zero attached hydrogens (tertiary/aromatic N) is 1. The maximum atomic E-state index is 13.4. The molecule has 0 aliphatic carbocycles. The van der Waals surface area contributed by atoms with E-state index in [1.165, 1.54) is 6.07 Å². The molecule has 1 fully saturated rings. The zero-order valence-corrected chi connectivity index (χ0v) is 9.17. The molecule has 1 unspecified atom stereocenters. The van der Waals surface area contributed by atoms with E-state index in [2.05, 4.69) is 9.97 Å². The molecule has 0 radical (unpaired) electrons. The standard InChI is InChI=1S/C12H12F2N2O/c13-7-4-9(14)12-10(5-7)15-11(16-12)6-8-2-1-3-17-8/h4-5,8H,1-3,6H2,(H,15,16). The Balaban J connectivity index is 1.93. The van der Waals surface area contributed by atoms with Crippen LogP contribution < -0.4 is 0 Å². The Labute approximate surface area is 96.8 Å². The molecule has 0 bridgehead atoms. The summed E-state index contributed by atoms with van der Waals surface area (Å²) >= 11 is 0. The maximum absolute atomic E-state index is 13.4. The lowest BCUT2D eigenvalue weighted by molar-refractivity contribution is 0.110. The summed E-state index contributed by atoms with van der Waals surface area (Å²) < 4.78 is 31.9. The molecule has 1 aliphatic heterocycles. The summed E-state index contributed by atoms with van der Waals surface area (Å²) in [6, 6.07) is 2.10. The van der Waals surface area contributed by atoms with Crippen LogP contribution in [-0.4, -0.2) is 22.7 Å². The molecule has 1 aromatic heterocycles. The Morgan fingerprint density at radius 2 is 2.29 bits per heavy atom. The Hall–Kier alpha value is -1.49. The second-order valence-electron chi connectivity index (χ2n) is 4.31. The normalized spacial score (nSPS) is 20.2. The van der Waals surface area contributed by atoms with Crippen LogP contribution in [0.15, 0.2) is 12.1 Å². The van der Waals surface area contributed by atoms with Gasteiger partial charge >= 0.3 is 0 Å². The molecule has 0 spiro atoms. The lowest BCUT2D eigenvalue weighted by Crippen LogP contribution is -2.09. The molecule has 3 rings (SSSR count). The maximum Gasteiger partial charge on any atom is 0.153 e. The third-order valence-electron chi connectivity index (χ3n) is 3.00. The van der Waals surface area contributed by atoms with E-state index < -0.39 is 11.6 Å². The molecular weight excluding hydrogens is 226 g/mol. The Morgan fingerprint density at radius 1 is 1.41 bits per heavy atom. The highest BCUT2D eigenvalue weighted by Crippen LogP contribution is 2.20. The Bertz CT molecular complexity index is 547. The van der Waals surface area contributed by atoms with E-state index in [1.54, 1.807) is 0 Å². The van der Waals surface area contributed by atoms with Gasteiger partial charge in [0.05, 0.1) is 11.6 Å². The SMILES string of the molecule is Fc1cc(F)c2nc(CC3CCCO3)[nH]c2c1. The number of rotatable bonds is 2. The second kappa shape index (κ2) is 4.07. The Morgan fingerprint density at radius 3 is 3.06 bits per heavy atom. The van der Waals surface area contributed by atoms with Crippen molar-refractivity contribution in [2.45, 2.75) is 25.4 Å². The van der Waals surface area contributed by atoms with Gasteiger partial charge in [-0.25, -0.2) is 13.8 Å². The van der Waals surface area contributed by atoms with Gasteiger partial charge < -0.3 is 9.72 Å². The van der Waals surface area contributed by atoms with Gasteiger partial charge in [0.1, 0.15) is 17.2 Å². The number of hydrogen-bond donors (Lipinski definition) is 1. The highest BCUT2D eigenvalue weighted by Gasteiger charge is 2.18. The molecule has 90 valence electrons. The number of benzene rings is 1. The van der Waals surface area contributed by atoms with Crippen LogP contribution >= 0.6 is 0 Å². The molecule has 1 aromatic carbocycles. The molecule has 1 N–H and O–H groups in total. The summed E-state index contributed by atoms with van der Waals surface area (Å²) in [7, 11) is 0. The number of aromatic nitrogens is 2. The van der Waals surface area contributed by atoms with E-state index in [4.69, 9.17) is 4.74 Å². The molecule has 0 saturated carbocycles. The third-order valence-corrected chi connectivity index (χ3v) is 3.00. The number of aromatic amines is 1.